The van der Waals surface area contributed by atoms with Crippen molar-refractivity contribution in [2.24, 2.45) is 0 Å². The number of hydrogen-bond donors (Lipinski definition) is 0. The molecule has 0 aliphatic rings. The third kappa shape index (κ3) is 5.52. The van der Waals surface area contributed by atoms with Gasteiger partial charge in [0, 0.05) is 5.02 Å². The van der Waals surface area contributed by atoms with E-state index in [9.17, 15) is 13.2 Å². The van der Waals surface area contributed by atoms with Gasteiger partial charge in [0.2, 0.25) is 0 Å². The van der Waals surface area contributed by atoms with Gasteiger partial charge in [0.1, 0.15) is 5.75 Å². The van der Waals surface area contributed by atoms with E-state index in [0.29, 0.717) is 10.6 Å². The Hall–Kier alpha value is -0.900. The average molecular weight is 241 g/mol. The van der Waals surface area contributed by atoms with E-state index in [-0.39, 0.29) is 5.75 Å². The number of aryl methyl sites for hydroxylation is 1. The summed E-state index contributed by atoms with van der Waals surface area (Å²) in [6.07, 6.45) is -4.65. The normalized spacial score (nSPS) is 10.3. The lowest BCUT2D eigenvalue weighted by Crippen LogP contribution is -2.17. The highest BCUT2D eigenvalue weighted by Crippen LogP contribution is 2.26. The second kappa shape index (κ2) is 5.85. The molecule has 0 fully saturated rings. The predicted molar refractivity (Wildman–Crippen MR) is 54.2 cm³/mol. The first-order chi connectivity index (χ1) is 6.88. The summed E-state index contributed by atoms with van der Waals surface area (Å²) in [5, 5.41) is 0.412. The Balaban J connectivity index is 0.000000921. The van der Waals surface area contributed by atoms with Crippen LogP contribution in [-0.2, 0) is 0 Å². The van der Waals surface area contributed by atoms with Crippen molar-refractivity contribution in [1.82, 2.24) is 0 Å². The monoisotopic (exact) mass is 240 g/mol. The molecule has 0 heterocycles. The van der Waals surface area contributed by atoms with Crippen LogP contribution in [0.1, 0.15) is 19.4 Å². The van der Waals surface area contributed by atoms with Gasteiger partial charge >= 0.3 is 6.36 Å². The second-order valence-corrected chi connectivity index (χ2v) is 2.87. The highest BCUT2D eigenvalue weighted by molar-refractivity contribution is 6.31. The number of ether oxygens (including phenoxy) is 1. The Labute approximate surface area is 91.8 Å². The van der Waals surface area contributed by atoms with Crippen LogP contribution in [-0.4, -0.2) is 6.36 Å². The molecule has 0 saturated heterocycles. The van der Waals surface area contributed by atoms with Crippen molar-refractivity contribution < 1.29 is 17.9 Å². The maximum Gasteiger partial charge on any atom is 0.573 e. The van der Waals surface area contributed by atoms with Crippen LogP contribution in [0.5, 0.6) is 5.75 Å². The first kappa shape index (κ1) is 14.1. The molecule has 0 bridgehead atoms. The summed E-state index contributed by atoms with van der Waals surface area (Å²) in [5.74, 6) is -0.255. The minimum atomic E-state index is -4.65. The summed E-state index contributed by atoms with van der Waals surface area (Å²) >= 11 is 5.62. The van der Waals surface area contributed by atoms with Crippen molar-refractivity contribution in [1.29, 1.82) is 0 Å². The van der Waals surface area contributed by atoms with Crippen molar-refractivity contribution in [2.45, 2.75) is 27.1 Å². The van der Waals surface area contributed by atoms with Gasteiger partial charge in [-0.25, -0.2) is 0 Å². The lowest BCUT2D eigenvalue weighted by molar-refractivity contribution is -0.274. The van der Waals surface area contributed by atoms with E-state index in [1.54, 1.807) is 6.92 Å². The number of hydrogen-bond acceptors (Lipinski definition) is 1. The molecule has 1 nitrogen and oxygen atoms in total. The van der Waals surface area contributed by atoms with Gasteiger partial charge in [-0.3, -0.25) is 0 Å². The summed E-state index contributed by atoms with van der Waals surface area (Å²) < 4.78 is 38.8. The van der Waals surface area contributed by atoms with Gasteiger partial charge in [0.05, 0.1) is 0 Å². The minimum Gasteiger partial charge on any atom is -0.406 e. The molecule has 0 aromatic heterocycles. The van der Waals surface area contributed by atoms with E-state index < -0.39 is 6.36 Å². The summed E-state index contributed by atoms with van der Waals surface area (Å²) in [5.41, 5.74) is 0.545. The first-order valence-corrected chi connectivity index (χ1v) is 4.78. The fraction of sp³-hybridized carbons (Fsp3) is 0.400. The zero-order chi connectivity index (χ0) is 12.1. The van der Waals surface area contributed by atoms with E-state index >= 15 is 0 Å². The molecule has 0 amide bonds. The van der Waals surface area contributed by atoms with Crippen LogP contribution < -0.4 is 4.74 Å². The van der Waals surface area contributed by atoms with Crippen LogP contribution in [0.25, 0.3) is 0 Å². The molecule has 0 unspecified atom stereocenters. The molecule has 0 saturated carbocycles. The van der Waals surface area contributed by atoms with Gasteiger partial charge in [-0.15, -0.1) is 13.2 Å². The van der Waals surface area contributed by atoms with Crippen molar-refractivity contribution in [3.8, 4) is 5.75 Å². The van der Waals surface area contributed by atoms with Crippen molar-refractivity contribution >= 4 is 11.6 Å². The molecular weight excluding hydrogens is 229 g/mol. The lowest BCUT2D eigenvalue weighted by Gasteiger charge is -2.09. The van der Waals surface area contributed by atoms with Crippen LogP contribution in [0.2, 0.25) is 5.02 Å². The molecule has 0 radical (unpaired) electrons. The number of rotatable bonds is 1. The van der Waals surface area contributed by atoms with E-state index in [1.807, 2.05) is 13.8 Å². The number of alkyl halides is 3. The van der Waals surface area contributed by atoms with Gasteiger partial charge in [-0.1, -0.05) is 25.4 Å². The highest BCUT2D eigenvalue weighted by Gasteiger charge is 2.31. The molecule has 1 aromatic rings. The molecule has 0 N–H and O–H groups in total. The lowest BCUT2D eigenvalue weighted by atomic mass is 10.2. The molecule has 1 aromatic carbocycles. The maximum absolute atomic E-state index is 11.7. The molecule has 0 spiro atoms. The summed E-state index contributed by atoms with van der Waals surface area (Å²) in [6.45, 7) is 5.60. The fourth-order valence-electron chi connectivity index (χ4n) is 0.814. The molecule has 0 aliphatic heterocycles. The molecular formula is C10H12ClF3O. The maximum atomic E-state index is 11.7. The zero-order valence-electron chi connectivity index (χ0n) is 8.65. The molecule has 5 heteroatoms. The zero-order valence-corrected chi connectivity index (χ0v) is 9.41. The van der Waals surface area contributed by atoms with E-state index in [1.165, 1.54) is 18.2 Å². The van der Waals surface area contributed by atoms with E-state index in [2.05, 4.69) is 4.74 Å². The Morgan fingerprint density at radius 3 is 2.13 bits per heavy atom. The Kier molecular flexibility index (Phi) is 5.50. The van der Waals surface area contributed by atoms with E-state index in [0.717, 1.165) is 0 Å². The molecule has 1 rings (SSSR count). The quantitative estimate of drug-likeness (QED) is 0.699. The largest absolute Gasteiger partial charge is 0.573 e. The Bertz CT molecular complexity index is 310. The molecule has 0 atom stereocenters. The second-order valence-electron chi connectivity index (χ2n) is 2.46. The average Bonchev–Trinajstić information content (AvgIpc) is 2.12. The number of benzene rings is 1. The van der Waals surface area contributed by atoms with Gasteiger partial charge in [-0.2, -0.15) is 0 Å². The van der Waals surface area contributed by atoms with Crippen molar-refractivity contribution in [3.63, 3.8) is 0 Å². The van der Waals surface area contributed by atoms with Gasteiger partial charge in [0.15, 0.2) is 0 Å². The highest BCUT2D eigenvalue weighted by atomic mass is 35.5. The smallest absolute Gasteiger partial charge is 0.406 e. The van der Waals surface area contributed by atoms with Crippen LogP contribution in [0.4, 0.5) is 13.2 Å². The third-order valence-electron chi connectivity index (χ3n) is 1.36. The van der Waals surface area contributed by atoms with Gasteiger partial charge < -0.3 is 4.74 Å². The van der Waals surface area contributed by atoms with E-state index in [4.69, 9.17) is 11.6 Å². The fourth-order valence-corrected chi connectivity index (χ4v) is 0.932. The Morgan fingerprint density at radius 1 is 1.20 bits per heavy atom. The molecule has 15 heavy (non-hydrogen) atoms. The standard InChI is InChI=1S/C8H6ClF3O.C2H6/c1-5-4-6(2-3-7(5)9)13-8(10,11)12;1-2/h2-4H,1H3;1-2H3. The summed E-state index contributed by atoms with van der Waals surface area (Å²) in [4.78, 5) is 0. The first-order valence-electron chi connectivity index (χ1n) is 4.40. The van der Waals surface area contributed by atoms with Crippen LogP contribution in [0, 0.1) is 6.92 Å². The minimum absolute atomic E-state index is 0.255. The predicted octanol–water partition coefficient (Wildman–Crippen LogP) is 4.57. The Morgan fingerprint density at radius 2 is 1.73 bits per heavy atom. The number of halogens is 4. The summed E-state index contributed by atoms with van der Waals surface area (Å²) in [7, 11) is 0. The van der Waals surface area contributed by atoms with Crippen LogP contribution in [0.15, 0.2) is 18.2 Å². The third-order valence-corrected chi connectivity index (χ3v) is 1.79. The van der Waals surface area contributed by atoms with Gasteiger partial charge in [0.25, 0.3) is 0 Å². The van der Waals surface area contributed by atoms with Crippen molar-refractivity contribution in [3.05, 3.63) is 28.8 Å². The van der Waals surface area contributed by atoms with Crippen molar-refractivity contribution in [2.75, 3.05) is 0 Å². The SMILES string of the molecule is CC.Cc1cc(OC(F)(F)F)ccc1Cl. The molecule has 0 aliphatic carbocycles. The topological polar surface area (TPSA) is 9.23 Å². The van der Waals surface area contributed by atoms with Crippen LogP contribution in [0.3, 0.4) is 0 Å². The van der Waals surface area contributed by atoms with Crippen LogP contribution >= 0.6 is 11.6 Å². The van der Waals surface area contributed by atoms with Gasteiger partial charge in [-0.05, 0) is 30.7 Å². The summed E-state index contributed by atoms with van der Waals surface area (Å²) in [6, 6.07) is 3.76. The molecule has 86 valence electrons.